The van der Waals surface area contributed by atoms with Crippen molar-refractivity contribution < 1.29 is 28.0 Å². The van der Waals surface area contributed by atoms with E-state index in [0.717, 1.165) is 7.11 Å². The Balaban J connectivity index is 2.89. The summed E-state index contributed by atoms with van der Waals surface area (Å²) < 4.78 is 31.9. The molecule has 20 heavy (non-hydrogen) atoms. The Morgan fingerprint density at radius 3 is 2.50 bits per heavy atom. The lowest BCUT2D eigenvalue weighted by molar-refractivity contribution is -0.0282. The van der Waals surface area contributed by atoms with Crippen LogP contribution in [0.25, 0.3) is 0 Å². The van der Waals surface area contributed by atoms with Gasteiger partial charge in [-0.2, -0.15) is 0 Å². The van der Waals surface area contributed by atoms with Crippen LogP contribution in [0, 0.1) is 5.92 Å². The highest BCUT2D eigenvalue weighted by atomic mass is 32.1. The summed E-state index contributed by atoms with van der Waals surface area (Å²) in [6.07, 6.45) is -0.361. The molecule has 2 unspecified atom stereocenters. The van der Waals surface area contributed by atoms with Crippen LogP contribution in [0.15, 0.2) is 0 Å². The van der Waals surface area contributed by atoms with Crippen molar-refractivity contribution in [1.82, 2.24) is 5.32 Å². The average Bonchev–Trinajstić information content (AvgIpc) is 2.66. The third kappa shape index (κ3) is 4.73. The van der Waals surface area contributed by atoms with E-state index in [-0.39, 0.29) is 12.0 Å². The van der Waals surface area contributed by atoms with Crippen LogP contribution in [0.2, 0.25) is 0 Å². The molecular weight excluding hydrogens is 305 g/mol. The maximum Gasteiger partial charge on any atom is 0.472 e. The highest BCUT2D eigenvalue weighted by molar-refractivity contribution is 7.80. The maximum atomic E-state index is 11.6. The minimum absolute atomic E-state index is 0.0903. The highest BCUT2D eigenvalue weighted by Crippen LogP contribution is 2.48. The molecule has 7 nitrogen and oxygen atoms in total. The van der Waals surface area contributed by atoms with Crippen LogP contribution in [0.4, 0.5) is 0 Å². The van der Waals surface area contributed by atoms with Gasteiger partial charge in [-0.15, -0.1) is 0 Å². The standard InChI is InChI=1S/C11H22NO6PS/c1-7(20)12-9-5-8(6-15-2)10(11(9)16-3)18-19(13,14)17-4/h8-11H,5-6H2,1-4H3,(H,12,20)(H,13,14)/t8-,9+,10?,11-/m1/s1. The molecule has 0 aromatic rings. The van der Waals surface area contributed by atoms with Gasteiger partial charge >= 0.3 is 7.82 Å². The summed E-state index contributed by atoms with van der Waals surface area (Å²) in [5.41, 5.74) is 0. The van der Waals surface area contributed by atoms with Crippen molar-refractivity contribution in [1.29, 1.82) is 0 Å². The molecule has 1 fully saturated rings. The molecule has 0 aromatic carbocycles. The Bertz CT molecular complexity index is 382. The molecule has 0 aromatic heterocycles. The molecule has 2 N–H and O–H groups in total. The van der Waals surface area contributed by atoms with Crippen molar-refractivity contribution in [2.45, 2.75) is 31.6 Å². The number of hydrogen-bond donors (Lipinski definition) is 2. The van der Waals surface area contributed by atoms with E-state index in [0.29, 0.717) is 18.0 Å². The fourth-order valence-corrected chi connectivity index (χ4v) is 3.35. The predicted molar refractivity (Wildman–Crippen MR) is 77.7 cm³/mol. The zero-order valence-electron chi connectivity index (χ0n) is 12.1. The molecule has 0 aliphatic heterocycles. The van der Waals surface area contributed by atoms with Gasteiger partial charge < -0.3 is 19.7 Å². The fourth-order valence-electron chi connectivity index (χ4n) is 2.51. The molecule has 1 aliphatic rings. The lowest BCUT2D eigenvalue weighted by Crippen LogP contribution is -2.43. The summed E-state index contributed by atoms with van der Waals surface area (Å²) in [5.74, 6) is -0.0903. The summed E-state index contributed by atoms with van der Waals surface area (Å²) in [5, 5.41) is 3.12. The number of phosphoric acid groups is 1. The van der Waals surface area contributed by atoms with Gasteiger partial charge in [-0.25, -0.2) is 4.57 Å². The quantitative estimate of drug-likeness (QED) is 0.531. The summed E-state index contributed by atoms with van der Waals surface area (Å²) >= 11 is 5.04. The molecule has 0 spiro atoms. The second kappa shape index (κ2) is 7.79. The van der Waals surface area contributed by atoms with Crippen molar-refractivity contribution >= 4 is 25.0 Å². The van der Waals surface area contributed by atoms with Crippen molar-refractivity contribution in [2.75, 3.05) is 27.9 Å². The molecule has 0 heterocycles. The Morgan fingerprint density at radius 1 is 1.40 bits per heavy atom. The van der Waals surface area contributed by atoms with E-state index in [1.165, 1.54) is 7.11 Å². The molecule has 0 bridgehead atoms. The second-order valence-corrected chi connectivity index (χ2v) is 6.81. The van der Waals surface area contributed by atoms with Gasteiger partial charge in [0, 0.05) is 27.2 Å². The minimum atomic E-state index is -4.09. The molecule has 0 radical (unpaired) electrons. The third-order valence-corrected chi connectivity index (χ3v) is 4.36. The lowest BCUT2D eigenvalue weighted by Gasteiger charge is -2.27. The lowest BCUT2D eigenvalue weighted by atomic mass is 10.1. The van der Waals surface area contributed by atoms with E-state index in [4.69, 9.17) is 26.2 Å². The van der Waals surface area contributed by atoms with Crippen LogP contribution in [0.5, 0.6) is 0 Å². The monoisotopic (exact) mass is 327 g/mol. The van der Waals surface area contributed by atoms with Crippen molar-refractivity contribution in [3.63, 3.8) is 0 Å². The molecule has 1 rings (SSSR count). The molecule has 1 saturated carbocycles. The van der Waals surface area contributed by atoms with Gasteiger partial charge in [0.1, 0.15) is 12.2 Å². The van der Waals surface area contributed by atoms with Crippen LogP contribution in [0.3, 0.4) is 0 Å². The summed E-state index contributed by atoms with van der Waals surface area (Å²) in [4.78, 5) is 10.2. The molecular formula is C11H22NO6PS. The van der Waals surface area contributed by atoms with Crippen LogP contribution in [-0.2, 0) is 23.1 Å². The predicted octanol–water partition coefficient (Wildman–Crippen LogP) is 1.11. The average molecular weight is 327 g/mol. The van der Waals surface area contributed by atoms with E-state index >= 15 is 0 Å². The number of rotatable bonds is 7. The van der Waals surface area contributed by atoms with Gasteiger partial charge in [-0.05, 0) is 13.3 Å². The van der Waals surface area contributed by atoms with E-state index in [1.807, 2.05) is 0 Å². The molecule has 0 saturated heterocycles. The van der Waals surface area contributed by atoms with E-state index in [1.54, 1.807) is 14.0 Å². The first-order valence-corrected chi connectivity index (χ1v) is 8.10. The molecule has 9 heteroatoms. The largest absolute Gasteiger partial charge is 0.472 e. The van der Waals surface area contributed by atoms with E-state index in [9.17, 15) is 9.46 Å². The number of hydrogen-bond acceptors (Lipinski definition) is 6. The molecule has 118 valence electrons. The summed E-state index contributed by atoms with van der Waals surface area (Å²) in [6.45, 7) is 2.16. The third-order valence-electron chi connectivity index (χ3n) is 3.27. The van der Waals surface area contributed by atoms with Crippen LogP contribution in [0.1, 0.15) is 13.3 Å². The molecule has 1 aliphatic carbocycles. The van der Waals surface area contributed by atoms with Crippen LogP contribution < -0.4 is 5.32 Å². The van der Waals surface area contributed by atoms with Gasteiger partial charge in [0.25, 0.3) is 0 Å². The topological polar surface area (TPSA) is 86.2 Å². The summed E-state index contributed by atoms with van der Waals surface area (Å²) in [6, 6.07) is -0.0977. The van der Waals surface area contributed by atoms with Gasteiger partial charge in [-0.3, -0.25) is 9.05 Å². The molecule has 0 amide bonds. The Morgan fingerprint density at radius 2 is 2.05 bits per heavy atom. The van der Waals surface area contributed by atoms with Gasteiger partial charge in [0.2, 0.25) is 0 Å². The first-order valence-electron chi connectivity index (χ1n) is 6.20. The van der Waals surface area contributed by atoms with Crippen molar-refractivity contribution in [2.24, 2.45) is 5.92 Å². The van der Waals surface area contributed by atoms with Crippen LogP contribution >= 0.6 is 20.0 Å². The first kappa shape index (κ1) is 18.0. The zero-order chi connectivity index (χ0) is 15.3. The van der Waals surface area contributed by atoms with E-state index in [2.05, 4.69) is 9.84 Å². The number of thiocarbonyl (C=S) groups is 1. The van der Waals surface area contributed by atoms with Crippen molar-refractivity contribution in [3.05, 3.63) is 0 Å². The number of nitrogens with one attached hydrogen (secondary N) is 1. The number of phosphoric ester groups is 1. The Kier molecular flexibility index (Phi) is 7.00. The normalized spacial score (nSPS) is 32.9. The van der Waals surface area contributed by atoms with Gasteiger partial charge in [0.05, 0.1) is 17.6 Å². The Hall–Kier alpha value is -0.0800. The number of methoxy groups -OCH3 is 2. The van der Waals surface area contributed by atoms with Gasteiger partial charge in [0.15, 0.2) is 0 Å². The fraction of sp³-hybridized carbons (Fsp3) is 0.909. The first-order chi connectivity index (χ1) is 9.34. The SMILES string of the molecule is COC[C@H]1C[C@H](NC(C)=S)[C@@H](OC)C1OP(=O)(O)OC. The minimum Gasteiger partial charge on any atom is -0.384 e. The maximum absolute atomic E-state index is 11.6. The zero-order valence-corrected chi connectivity index (χ0v) is 13.8. The smallest absolute Gasteiger partial charge is 0.384 e. The second-order valence-electron chi connectivity index (χ2n) is 4.68. The number of ether oxygens (including phenoxy) is 2. The van der Waals surface area contributed by atoms with Gasteiger partial charge in [-0.1, -0.05) is 12.2 Å². The summed E-state index contributed by atoms with van der Waals surface area (Å²) in [7, 11) is 0.129. The molecule has 5 atom stereocenters. The Labute approximate surface area is 124 Å². The van der Waals surface area contributed by atoms with Crippen molar-refractivity contribution in [3.8, 4) is 0 Å². The highest BCUT2D eigenvalue weighted by Gasteiger charge is 2.47. The van der Waals surface area contributed by atoms with Crippen LogP contribution in [-0.4, -0.2) is 56.1 Å². The van der Waals surface area contributed by atoms with E-state index < -0.39 is 20.0 Å².